The Balaban J connectivity index is -0.0000000684. The molecule has 0 aromatic heterocycles. The van der Waals surface area contributed by atoms with E-state index in [1.54, 1.807) is 0 Å². The first-order chi connectivity index (χ1) is 20.6. The van der Waals surface area contributed by atoms with Gasteiger partial charge in [0.05, 0.1) is 81.0 Å². The van der Waals surface area contributed by atoms with E-state index >= 15 is 0 Å². The largest absolute Gasteiger partial charge is 0.547 e. The smallest absolute Gasteiger partial charge is 0.0983 e. The third-order valence-electron chi connectivity index (χ3n) is 3.50. The molecule has 0 fully saturated rings. The van der Waals surface area contributed by atoms with Crippen LogP contribution in [-0.4, -0.2) is 117 Å². The molecule has 0 spiro atoms. The van der Waals surface area contributed by atoms with Crippen molar-refractivity contribution in [3.05, 3.63) is 0 Å². The maximum absolute atomic E-state index is 9.66. The molecule has 0 saturated heterocycles. The van der Waals surface area contributed by atoms with Crippen molar-refractivity contribution in [3.8, 4) is 0 Å². The minimum absolute atomic E-state index is 0. The first-order valence-corrected chi connectivity index (χ1v) is 13.2. The van der Waals surface area contributed by atoms with Crippen LogP contribution in [0.4, 0.5) is 0 Å². The fraction of sp³-hybridized carbons (Fsp3) is 0.750. The van der Waals surface area contributed by atoms with Crippen molar-refractivity contribution in [2.24, 2.45) is 0 Å². The van der Waals surface area contributed by atoms with Crippen LogP contribution in [0.3, 0.4) is 0 Å². The molecule has 1 radical (unpaired) electrons. The molecule has 22 heteroatoms. The zero-order valence-electron chi connectivity index (χ0n) is 30.2. The SMILES string of the molecule is CC(C)(O)C(=O)[O-].CC(C)(O)C(=O)[O-].CC(C)(O)C(=O)[O-].CC(C)(O)C(=O)[O-].CC(C)(O)C(=O)[O-].CC(C)(O)C(=O)[O-].CC(C)(O)C(=O)[O-].[Re]. The minimum Gasteiger partial charge on any atom is -0.547 e. The van der Waals surface area contributed by atoms with Crippen LogP contribution in [0.2, 0.25) is 0 Å². The van der Waals surface area contributed by atoms with Crippen molar-refractivity contribution in [1.29, 1.82) is 0 Å². The second-order valence-electron chi connectivity index (χ2n) is 12.9. The number of hydrogen-bond donors (Lipinski definition) is 7. The third kappa shape index (κ3) is 57.0. The van der Waals surface area contributed by atoms with E-state index in [1.165, 1.54) is 0 Å². The summed E-state index contributed by atoms with van der Waals surface area (Å²) in [4.78, 5) is 67.6. The minimum atomic E-state index is -1.69. The van der Waals surface area contributed by atoms with Gasteiger partial charge < -0.3 is 105 Å². The topological polar surface area (TPSA) is 423 Å². The summed E-state index contributed by atoms with van der Waals surface area (Å²) in [5.41, 5.74) is -11.9. The monoisotopic (exact) mass is 908 g/mol. The Labute approximate surface area is 303 Å². The van der Waals surface area contributed by atoms with Gasteiger partial charge in [0.2, 0.25) is 0 Å². The number of hydrogen-bond acceptors (Lipinski definition) is 21. The first-order valence-electron chi connectivity index (χ1n) is 13.2. The fourth-order valence-electron chi connectivity index (χ4n) is 0. The number of carboxylic acids is 7. The van der Waals surface area contributed by atoms with Crippen LogP contribution < -0.4 is 35.7 Å². The zero-order chi connectivity index (χ0) is 42.5. The van der Waals surface area contributed by atoms with Gasteiger partial charge in [0, 0.05) is 20.4 Å². The Kier molecular flexibility index (Phi) is 33.3. The van der Waals surface area contributed by atoms with Crippen molar-refractivity contribution < 1.29 is 125 Å². The van der Waals surface area contributed by atoms with Gasteiger partial charge in [-0.1, -0.05) is 0 Å². The number of carbonyl (C=O) groups is 7. The summed E-state index contributed by atoms with van der Waals surface area (Å²) in [6.07, 6.45) is 0. The second kappa shape index (κ2) is 25.6. The molecule has 0 rings (SSSR count). The summed E-state index contributed by atoms with van der Waals surface area (Å²) in [6.45, 7) is 16.2. The van der Waals surface area contributed by atoms with Crippen molar-refractivity contribution in [2.75, 3.05) is 0 Å². The fourth-order valence-corrected chi connectivity index (χ4v) is 0. The van der Waals surface area contributed by atoms with E-state index in [4.69, 9.17) is 35.7 Å². The zero-order valence-corrected chi connectivity index (χ0v) is 32.9. The van der Waals surface area contributed by atoms with Crippen molar-refractivity contribution in [1.82, 2.24) is 0 Å². The summed E-state index contributed by atoms with van der Waals surface area (Å²) in [6, 6.07) is 0. The number of carbonyl (C=O) groups excluding carboxylic acids is 7. The van der Waals surface area contributed by atoms with Crippen LogP contribution >= 0.6 is 0 Å². The van der Waals surface area contributed by atoms with E-state index in [0.717, 1.165) is 96.9 Å². The van der Waals surface area contributed by atoms with E-state index in [0.29, 0.717) is 0 Å². The summed E-state index contributed by atoms with van der Waals surface area (Å²) < 4.78 is 0. The van der Waals surface area contributed by atoms with Crippen LogP contribution in [0.25, 0.3) is 0 Å². The van der Waals surface area contributed by atoms with Crippen LogP contribution in [0.1, 0.15) is 96.9 Å². The Morgan fingerprint density at radius 2 is 0.280 bits per heavy atom. The van der Waals surface area contributed by atoms with Gasteiger partial charge in [0.1, 0.15) is 0 Å². The molecule has 0 aromatic carbocycles. The number of aliphatic carboxylic acids is 7. The van der Waals surface area contributed by atoms with Crippen molar-refractivity contribution in [2.45, 2.75) is 136 Å². The molecule has 0 saturated carbocycles. The Morgan fingerprint density at radius 3 is 0.280 bits per heavy atom. The maximum atomic E-state index is 9.66. The molecular formula is C28H49O21Re-7. The molecule has 0 bridgehead atoms. The predicted molar refractivity (Wildman–Crippen MR) is 149 cm³/mol. The summed E-state index contributed by atoms with van der Waals surface area (Å²) >= 11 is 0. The molecule has 21 nitrogen and oxygen atoms in total. The van der Waals surface area contributed by atoms with E-state index < -0.39 is 81.0 Å². The number of aliphatic hydroxyl groups is 7. The maximum Gasteiger partial charge on any atom is 0.0983 e. The molecule has 0 aromatic rings. The van der Waals surface area contributed by atoms with Crippen LogP contribution in [0.15, 0.2) is 0 Å². The van der Waals surface area contributed by atoms with Gasteiger partial charge in [0.25, 0.3) is 0 Å². The molecule has 0 heterocycles. The van der Waals surface area contributed by atoms with Crippen LogP contribution in [-0.2, 0) is 54.0 Å². The van der Waals surface area contributed by atoms with Gasteiger partial charge in [-0.05, 0) is 96.9 Å². The normalized spacial score (nSPS) is 11.1. The predicted octanol–water partition coefficient (Wildman–Crippen LogP) is -10.5. The molecule has 0 aliphatic heterocycles. The van der Waals surface area contributed by atoms with Gasteiger partial charge in [-0.25, -0.2) is 0 Å². The van der Waals surface area contributed by atoms with Crippen molar-refractivity contribution >= 4 is 41.8 Å². The van der Waals surface area contributed by atoms with Gasteiger partial charge in [-0.3, -0.25) is 0 Å². The van der Waals surface area contributed by atoms with Gasteiger partial charge in [0.15, 0.2) is 0 Å². The Hall–Kier alpha value is -3.33. The molecule has 0 atom stereocenters. The molecular weight excluding hydrogens is 858 g/mol. The van der Waals surface area contributed by atoms with Crippen LogP contribution in [0.5, 0.6) is 0 Å². The first kappa shape index (κ1) is 65.1. The molecule has 7 N–H and O–H groups in total. The number of rotatable bonds is 7. The summed E-state index contributed by atoms with van der Waals surface area (Å²) in [5.74, 6) is -10.2. The average molecular weight is 908 g/mol. The van der Waals surface area contributed by atoms with Gasteiger partial charge in [-0.2, -0.15) is 0 Å². The quantitative estimate of drug-likeness (QED) is 0.125. The molecule has 301 valence electrons. The standard InChI is InChI=1S/7C4H8O3.Re/c7*1-4(2,7)3(5)6;/h7*7H,1-2H3,(H,5,6);/p-7. The Morgan fingerprint density at radius 1 is 0.260 bits per heavy atom. The van der Waals surface area contributed by atoms with Gasteiger partial charge in [-0.15, -0.1) is 0 Å². The molecule has 50 heavy (non-hydrogen) atoms. The summed E-state index contributed by atoms with van der Waals surface area (Å²) in [7, 11) is 0. The molecule has 0 aliphatic carbocycles. The molecule has 0 amide bonds. The molecule has 0 unspecified atom stereocenters. The van der Waals surface area contributed by atoms with Crippen molar-refractivity contribution in [3.63, 3.8) is 0 Å². The van der Waals surface area contributed by atoms with E-state index in [-0.39, 0.29) is 20.4 Å². The van der Waals surface area contributed by atoms with E-state index in [2.05, 4.69) is 0 Å². The average Bonchev–Trinajstić information content (AvgIpc) is 2.77. The van der Waals surface area contributed by atoms with E-state index in [9.17, 15) is 69.3 Å². The Bertz CT molecular complexity index is 799. The van der Waals surface area contributed by atoms with Gasteiger partial charge >= 0.3 is 0 Å². The second-order valence-corrected chi connectivity index (χ2v) is 12.9. The third-order valence-corrected chi connectivity index (χ3v) is 3.50. The molecule has 0 aliphatic rings. The number of carboxylic acid groups (broad SMARTS) is 7. The van der Waals surface area contributed by atoms with E-state index in [1.807, 2.05) is 0 Å². The van der Waals surface area contributed by atoms with Crippen LogP contribution in [0, 0.1) is 0 Å². The summed E-state index contributed by atoms with van der Waals surface area (Å²) in [5, 5.41) is 127.